The predicted molar refractivity (Wildman–Crippen MR) is 75.7 cm³/mol. The molecule has 0 atom stereocenters. The Morgan fingerprint density at radius 3 is 2.90 bits per heavy atom. The molecule has 1 aromatic carbocycles. The molecule has 1 aromatic heterocycles. The lowest BCUT2D eigenvalue weighted by molar-refractivity contribution is 0.0908. The Balaban J connectivity index is 1.72. The van der Waals surface area contributed by atoms with Crippen molar-refractivity contribution >= 4 is 0 Å². The van der Waals surface area contributed by atoms with E-state index in [0.717, 1.165) is 42.1 Å². The number of aromatic nitrogens is 2. The van der Waals surface area contributed by atoms with Crippen LogP contribution >= 0.6 is 0 Å². The van der Waals surface area contributed by atoms with Crippen LogP contribution in [0.3, 0.4) is 0 Å². The van der Waals surface area contributed by atoms with Crippen molar-refractivity contribution in [1.82, 2.24) is 14.5 Å². The van der Waals surface area contributed by atoms with Gasteiger partial charge < -0.3 is 14.4 Å². The van der Waals surface area contributed by atoms with E-state index in [-0.39, 0.29) is 0 Å². The van der Waals surface area contributed by atoms with Gasteiger partial charge in [0.2, 0.25) is 0 Å². The second-order valence-electron chi connectivity index (χ2n) is 5.26. The molecule has 5 heteroatoms. The maximum absolute atomic E-state index is 9.94. The summed E-state index contributed by atoms with van der Waals surface area (Å²) < 4.78 is 7.91. The highest BCUT2D eigenvalue weighted by Crippen LogP contribution is 2.35. The first kappa shape index (κ1) is 13.0. The van der Waals surface area contributed by atoms with Crippen LogP contribution in [0.4, 0.5) is 0 Å². The first-order valence-electron chi connectivity index (χ1n) is 6.78. The summed E-state index contributed by atoms with van der Waals surface area (Å²) in [5.41, 5.74) is 2.99. The van der Waals surface area contributed by atoms with Crippen molar-refractivity contribution in [1.29, 1.82) is 0 Å². The zero-order valence-corrected chi connectivity index (χ0v) is 11.8. The third-order valence-corrected chi connectivity index (χ3v) is 3.91. The van der Waals surface area contributed by atoms with Gasteiger partial charge in [0.1, 0.15) is 18.2 Å². The summed E-state index contributed by atoms with van der Waals surface area (Å²) >= 11 is 0. The van der Waals surface area contributed by atoms with E-state index < -0.39 is 0 Å². The van der Waals surface area contributed by atoms with E-state index in [1.54, 1.807) is 6.20 Å². The average Bonchev–Trinajstić information content (AvgIpc) is 2.96. The van der Waals surface area contributed by atoms with E-state index in [1.807, 2.05) is 37.0 Å². The van der Waals surface area contributed by atoms with Crippen molar-refractivity contribution in [3.05, 3.63) is 41.5 Å². The van der Waals surface area contributed by atoms with Gasteiger partial charge in [-0.25, -0.2) is 4.98 Å². The fraction of sp³-hybridized carbons (Fsp3) is 0.400. The predicted octanol–water partition coefficient (Wildman–Crippen LogP) is 2.06. The summed E-state index contributed by atoms with van der Waals surface area (Å²) in [4.78, 5) is 6.25. The van der Waals surface area contributed by atoms with Gasteiger partial charge in [0.25, 0.3) is 0 Å². The third kappa shape index (κ3) is 2.36. The lowest BCUT2D eigenvalue weighted by atomic mass is 10.0. The zero-order chi connectivity index (χ0) is 14.1. The molecule has 2 heterocycles. The molecule has 0 aliphatic carbocycles. The highest BCUT2D eigenvalue weighted by molar-refractivity contribution is 5.52. The van der Waals surface area contributed by atoms with Crippen LogP contribution < -0.4 is 4.74 Å². The van der Waals surface area contributed by atoms with Crippen molar-refractivity contribution in [3.8, 4) is 11.5 Å². The Hall–Kier alpha value is -2.01. The maximum atomic E-state index is 9.94. The minimum absolute atomic E-state index is 0.348. The summed E-state index contributed by atoms with van der Waals surface area (Å²) in [6, 6.07) is 1.82. The summed E-state index contributed by atoms with van der Waals surface area (Å²) in [6.07, 6.45) is 5.56. The molecule has 0 fully saturated rings. The van der Waals surface area contributed by atoms with Crippen molar-refractivity contribution in [2.75, 3.05) is 13.3 Å². The van der Waals surface area contributed by atoms with Crippen LogP contribution in [0, 0.1) is 13.8 Å². The monoisotopic (exact) mass is 273 g/mol. The highest BCUT2D eigenvalue weighted by Gasteiger charge is 2.21. The van der Waals surface area contributed by atoms with Gasteiger partial charge >= 0.3 is 0 Å². The number of hydrogen-bond donors (Lipinski definition) is 1. The topological polar surface area (TPSA) is 50.5 Å². The Bertz CT molecular complexity index is 608. The number of phenolic OH excluding ortho intramolecular Hbond substituents is 1. The molecule has 0 saturated carbocycles. The first-order valence-corrected chi connectivity index (χ1v) is 6.78. The van der Waals surface area contributed by atoms with E-state index in [9.17, 15) is 5.11 Å². The van der Waals surface area contributed by atoms with E-state index in [1.165, 1.54) is 0 Å². The number of benzene rings is 1. The summed E-state index contributed by atoms with van der Waals surface area (Å²) in [5.74, 6) is 1.28. The van der Waals surface area contributed by atoms with Crippen molar-refractivity contribution < 1.29 is 9.84 Å². The number of nitrogens with zero attached hydrogens (tertiary/aromatic N) is 3. The van der Waals surface area contributed by atoms with E-state index in [2.05, 4.69) is 9.88 Å². The molecule has 1 aliphatic rings. The quantitative estimate of drug-likeness (QED) is 0.930. The minimum atomic E-state index is 0.348. The molecule has 3 rings (SSSR count). The minimum Gasteiger partial charge on any atom is -0.508 e. The van der Waals surface area contributed by atoms with E-state index in [0.29, 0.717) is 12.5 Å². The van der Waals surface area contributed by atoms with Gasteiger partial charge in [-0.05, 0) is 31.0 Å². The molecule has 20 heavy (non-hydrogen) atoms. The Kier molecular flexibility index (Phi) is 3.36. The molecule has 0 spiro atoms. The smallest absolute Gasteiger partial charge is 0.142 e. The van der Waals surface area contributed by atoms with Crippen LogP contribution in [0.1, 0.15) is 16.7 Å². The van der Waals surface area contributed by atoms with Gasteiger partial charge in [-0.2, -0.15) is 0 Å². The number of hydrogen-bond acceptors (Lipinski definition) is 4. The van der Waals surface area contributed by atoms with Crippen LogP contribution in [-0.2, 0) is 13.1 Å². The van der Waals surface area contributed by atoms with Gasteiger partial charge in [0, 0.05) is 37.6 Å². The van der Waals surface area contributed by atoms with Crippen LogP contribution in [0.5, 0.6) is 11.5 Å². The molecular weight excluding hydrogens is 254 g/mol. The molecular formula is C15H19N3O2. The summed E-state index contributed by atoms with van der Waals surface area (Å²) in [7, 11) is 0. The van der Waals surface area contributed by atoms with E-state index in [4.69, 9.17) is 4.74 Å². The fourth-order valence-electron chi connectivity index (χ4n) is 2.52. The Morgan fingerprint density at radius 1 is 1.30 bits per heavy atom. The summed E-state index contributed by atoms with van der Waals surface area (Å²) in [6.45, 7) is 7.08. The molecule has 0 amide bonds. The SMILES string of the molecule is Cc1c(O)cc2c(c1C)OCN(CCn1ccnc1)C2. The van der Waals surface area contributed by atoms with Crippen molar-refractivity contribution in [2.45, 2.75) is 26.9 Å². The molecule has 106 valence electrons. The molecule has 0 unspecified atom stereocenters. The van der Waals surface area contributed by atoms with Gasteiger partial charge in [-0.1, -0.05) is 0 Å². The van der Waals surface area contributed by atoms with Gasteiger partial charge in [-0.15, -0.1) is 0 Å². The van der Waals surface area contributed by atoms with Gasteiger partial charge in [0.05, 0.1) is 6.33 Å². The van der Waals surface area contributed by atoms with Crippen LogP contribution in [0.2, 0.25) is 0 Å². The molecule has 0 radical (unpaired) electrons. The number of ether oxygens (including phenoxy) is 1. The van der Waals surface area contributed by atoms with Crippen molar-refractivity contribution in [3.63, 3.8) is 0 Å². The van der Waals surface area contributed by atoms with Gasteiger partial charge in [-0.3, -0.25) is 4.90 Å². The lowest BCUT2D eigenvalue weighted by Gasteiger charge is -2.30. The number of fused-ring (bicyclic) bond motifs is 1. The number of rotatable bonds is 3. The van der Waals surface area contributed by atoms with Gasteiger partial charge in [0.15, 0.2) is 0 Å². The first-order chi connectivity index (χ1) is 9.65. The summed E-state index contributed by atoms with van der Waals surface area (Å²) in [5, 5.41) is 9.94. The standard InChI is InChI=1S/C15H19N3O2/c1-11-12(2)15-13(7-14(11)19)8-18(10-20-15)6-5-17-4-3-16-9-17/h3-4,7,9,19H,5-6,8,10H2,1-2H3. The molecule has 0 saturated heterocycles. The van der Waals surface area contributed by atoms with Crippen molar-refractivity contribution in [2.24, 2.45) is 0 Å². The second kappa shape index (κ2) is 5.17. The van der Waals surface area contributed by atoms with E-state index >= 15 is 0 Å². The average molecular weight is 273 g/mol. The largest absolute Gasteiger partial charge is 0.508 e. The molecule has 1 aliphatic heterocycles. The van der Waals surface area contributed by atoms with Crippen LogP contribution in [0.25, 0.3) is 0 Å². The lowest BCUT2D eigenvalue weighted by Crippen LogP contribution is -2.34. The normalized spacial score (nSPS) is 14.9. The molecule has 5 nitrogen and oxygen atoms in total. The highest BCUT2D eigenvalue weighted by atomic mass is 16.5. The fourth-order valence-corrected chi connectivity index (χ4v) is 2.52. The number of phenols is 1. The molecule has 0 bridgehead atoms. The second-order valence-corrected chi connectivity index (χ2v) is 5.26. The van der Waals surface area contributed by atoms with Crippen LogP contribution in [-0.4, -0.2) is 32.8 Å². The number of aromatic hydroxyl groups is 1. The maximum Gasteiger partial charge on any atom is 0.142 e. The molecule has 2 aromatic rings. The number of imidazole rings is 1. The Labute approximate surface area is 118 Å². The molecule has 1 N–H and O–H groups in total. The third-order valence-electron chi connectivity index (χ3n) is 3.91. The zero-order valence-electron chi connectivity index (χ0n) is 11.8. The Morgan fingerprint density at radius 2 is 2.15 bits per heavy atom. The van der Waals surface area contributed by atoms with Crippen LogP contribution in [0.15, 0.2) is 24.8 Å².